The molecule has 1 aromatic heterocycles. The highest BCUT2D eigenvalue weighted by Gasteiger charge is 2.32. The van der Waals surface area contributed by atoms with Crippen LogP contribution in [0.1, 0.15) is 0 Å². The van der Waals surface area contributed by atoms with Crippen molar-refractivity contribution in [3.05, 3.63) is 54.7 Å². The Hall–Kier alpha value is -2.65. The number of sulfonamides is 1. The van der Waals surface area contributed by atoms with Crippen molar-refractivity contribution >= 4 is 20.9 Å². The van der Waals surface area contributed by atoms with Crippen molar-refractivity contribution in [3.63, 3.8) is 0 Å². The summed E-state index contributed by atoms with van der Waals surface area (Å²) in [5.41, 5.74) is 1.23. The van der Waals surface area contributed by atoms with Crippen LogP contribution >= 0.6 is 0 Å². The first-order valence-electron chi connectivity index (χ1n) is 6.91. The van der Waals surface area contributed by atoms with Crippen molar-refractivity contribution in [2.75, 3.05) is 0 Å². The molecule has 0 aliphatic rings. The van der Waals surface area contributed by atoms with Gasteiger partial charge in [-0.05, 0) is 24.3 Å². The molecule has 0 unspecified atom stereocenters. The van der Waals surface area contributed by atoms with E-state index in [1.54, 1.807) is 30.3 Å². The van der Waals surface area contributed by atoms with Crippen molar-refractivity contribution in [2.45, 2.75) is 11.3 Å². The maximum atomic E-state index is 12.4. The highest BCUT2D eigenvalue weighted by atomic mass is 32.2. The molecule has 0 saturated heterocycles. The van der Waals surface area contributed by atoms with Crippen LogP contribution in [0.25, 0.3) is 22.0 Å². The molecule has 1 heterocycles. The average molecular weight is 368 g/mol. The van der Waals surface area contributed by atoms with Gasteiger partial charge in [-0.25, -0.2) is 13.6 Å². The Morgan fingerprint density at radius 1 is 1.04 bits per heavy atom. The molecule has 3 aromatic rings. The fraction of sp³-hybridized carbons (Fsp3) is 0.0625. The van der Waals surface area contributed by atoms with E-state index in [-0.39, 0.29) is 5.56 Å². The molecule has 5 nitrogen and oxygen atoms in total. The number of benzene rings is 2. The van der Waals surface area contributed by atoms with Gasteiger partial charge in [-0.3, -0.25) is 4.98 Å². The number of nitrogens with zero attached hydrogens (tertiary/aromatic N) is 1. The second-order valence-corrected chi connectivity index (χ2v) is 6.70. The number of fused-ring (bicyclic) bond motifs is 1. The van der Waals surface area contributed by atoms with Gasteiger partial charge in [0.15, 0.2) is 0 Å². The Morgan fingerprint density at radius 2 is 1.76 bits per heavy atom. The third kappa shape index (κ3) is 3.89. The van der Waals surface area contributed by atoms with Gasteiger partial charge in [-0.2, -0.15) is 0 Å². The van der Waals surface area contributed by atoms with Crippen LogP contribution in [0.2, 0.25) is 0 Å². The van der Waals surface area contributed by atoms with E-state index in [1.807, 2.05) is 0 Å². The van der Waals surface area contributed by atoms with E-state index in [9.17, 15) is 21.6 Å². The van der Waals surface area contributed by atoms with Gasteiger partial charge < -0.3 is 4.74 Å². The molecule has 9 heteroatoms. The lowest BCUT2D eigenvalue weighted by Gasteiger charge is -2.13. The summed E-state index contributed by atoms with van der Waals surface area (Å²) in [6, 6.07) is 11.8. The summed E-state index contributed by atoms with van der Waals surface area (Å²) in [7, 11) is -4.29. The minimum Gasteiger partial charge on any atom is -0.406 e. The summed E-state index contributed by atoms with van der Waals surface area (Å²) in [5, 5.41) is 5.90. The number of pyridine rings is 1. The number of alkyl halides is 3. The minimum absolute atomic E-state index is 0.135. The minimum atomic E-state index is -4.94. The Balaban J connectivity index is 2.17. The van der Waals surface area contributed by atoms with Gasteiger partial charge in [0.1, 0.15) is 5.75 Å². The zero-order chi connectivity index (χ0) is 18.2. The molecule has 0 radical (unpaired) electrons. The predicted molar refractivity (Wildman–Crippen MR) is 85.2 cm³/mol. The molecule has 0 atom stereocenters. The number of rotatable bonds is 3. The zero-order valence-corrected chi connectivity index (χ0v) is 13.3. The molecule has 2 N–H and O–H groups in total. The van der Waals surface area contributed by atoms with Crippen LogP contribution in [0.5, 0.6) is 5.75 Å². The van der Waals surface area contributed by atoms with Crippen molar-refractivity contribution in [3.8, 4) is 16.9 Å². The second-order valence-electron chi connectivity index (χ2n) is 5.17. The van der Waals surface area contributed by atoms with E-state index in [4.69, 9.17) is 5.14 Å². The smallest absolute Gasteiger partial charge is 0.406 e. The van der Waals surface area contributed by atoms with Crippen LogP contribution in [0, 0.1) is 0 Å². The molecule has 0 aliphatic carbocycles. The van der Waals surface area contributed by atoms with Crippen LogP contribution in [-0.2, 0) is 10.0 Å². The number of nitrogens with two attached hydrogens (primary N) is 1. The van der Waals surface area contributed by atoms with E-state index >= 15 is 0 Å². The summed E-state index contributed by atoms with van der Waals surface area (Å²) in [6.45, 7) is 0. The summed E-state index contributed by atoms with van der Waals surface area (Å²) < 4.78 is 64.5. The number of halogens is 3. The fourth-order valence-electron chi connectivity index (χ4n) is 2.39. The summed E-state index contributed by atoms with van der Waals surface area (Å²) in [6.07, 6.45) is -3.52. The predicted octanol–water partition coefficient (Wildman–Crippen LogP) is 3.45. The van der Waals surface area contributed by atoms with Crippen LogP contribution in [0.15, 0.2) is 59.6 Å². The normalized spacial score (nSPS) is 12.3. The average Bonchev–Trinajstić information content (AvgIpc) is 2.52. The largest absolute Gasteiger partial charge is 0.573 e. The van der Waals surface area contributed by atoms with E-state index in [0.29, 0.717) is 11.1 Å². The van der Waals surface area contributed by atoms with Gasteiger partial charge in [-0.1, -0.05) is 18.2 Å². The SMILES string of the molecule is NS(=O)(=O)c1cc(OC(F)(F)F)ccc1-c1cnc2ccccc2c1. The van der Waals surface area contributed by atoms with Crippen molar-refractivity contribution < 1.29 is 26.3 Å². The Labute approximate surface area is 140 Å². The van der Waals surface area contributed by atoms with Gasteiger partial charge >= 0.3 is 6.36 Å². The highest BCUT2D eigenvalue weighted by molar-refractivity contribution is 7.89. The van der Waals surface area contributed by atoms with E-state index in [1.165, 1.54) is 12.3 Å². The third-order valence-corrected chi connectivity index (χ3v) is 4.35. The molecule has 130 valence electrons. The van der Waals surface area contributed by atoms with Gasteiger partial charge in [0.05, 0.1) is 10.4 Å². The first-order valence-corrected chi connectivity index (χ1v) is 8.46. The summed E-state index contributed by atoms with van der Waals surface area (Å²) >= 11 is 0. The lowest BCUT2D eigenvalue weighted by Crippen LogP contribution is -2.18. The number of hydrogen-bond acceptors (Lipinski definition) is 4. The first-order chi connectivity index (χ1) is 11.6. The third-order valence-electron chi connectivity index (χ3n) is 3.39. The maximum Gasteiger partial charge on any atom is 0.573 e. The molecule has 0 spiro atoms. The van der Waals surface area contributed by atoms with Gasteiger partial charge in [-0.15, -0.1) is 13.2 Å². The van der Waals surface area contributed by atoms with Crippen LogP contribution in [-0.4, -0.2) is 19.8 Å². The molecule has 0 bridgehead atoms. The molecule has 0 amide bonds. The number of ether oxygens (including phenoxy) is 1. The Kier molecular flexibility index (Phi) is 4.13. The van der Waals surface area contributed by atoms with E-state index in [2.05, 4.69) is 9.72 Å². The van der Waals surface area contributed by atoms with Crippen molar-refractivity contribution in [1.82, 2.24) is 4.98 Å². The number of aromatic nitrogens is 1. The molecule has 25 heavy (non-hydrogen) atoms. The Morgan fingerprint density at radius 3 is 2.44 bits per heavy atom. The summed E-state index contributed by atoms with van der Waals surface area (Å²) in [5.74, 6) is -0.672. The van der Waals surface area contributed by atoms with Gasteiger partial charge in [0, 0.05) is 28.8 Å². The first kappa shape index (κ1) is 17.2. The number of primary sulfonamides is 1. The molecule has 3 rings (SSSR count). The zero-order valence-electron chi connectivity index (χ0n) is 12.5. The quantitative estimate of drug-likeness (QED) is 0.768. The lowest BCUT2D eigenvalue weighted by molar-refractivity contribution is -0.274. The monoisotopic (exact) mass is 368 g/mol. The summed E-state index contributed by atoms with van der Waals surface area (Å²) in [4.78, 5) is 3.74. The molecule has 2 aromatic carbocycles. The van der Waals surface area contributed by atoms with Gasteiger partial charge in [0.25, 0.3) is 0 Å². The highest BCUT2D eigenvalue weighted by Crippen LogP contribution is 2.33. The molecule has 0 saturated carbocycles. The van der Waals surface area contributed by atoms with Crippen LogP contribution < -0.4 is 9.88 Å². The molecule has 0 aliphatic heterocycles. The molecular weight excluding hydrogens is 357 g/mol. The van der Waals surface area contributed by atoms with Crippen LogP contribution in [0.3, 0.4) is 0 Å². The van der Waals surface area contributed by atoms with E-state index in [0.717, 1.165) is 17.5 Å². The molecular formula is C16H11F3N2O3S. The van der Waals surface area contributed by atoms with Crippen molar-refractivity contribution in [2.24, 2.45) is 5.14 Å². The maximum absolute atomic E-state index is 12.4. The lowest BCUT2D eigenvalue weighted by atomic mass is 10.1. The second kappa shape index (κ2) is 6.01. The fourth-order valence-corrected chi connectivity index (χ4v) is 3.16. The Bertz CT molecular complexity index is 1050. The standard InChI is InChI=1S/C16H11F3N2O3S/c17-16(18,19)24-12-5-6-13(15(8-12)25(20,22)23)11-7-10-3-1-2-4-14(10)21-9-11/h1-9H,(H2,20,22,23). The van der Waals surface area contributed by atoms with Crippen LogP contribution in [0.4, 0.5) is 13.2 Å². The van der Waals surface area contributed by atoms with Crippen molar-refractivity contribution in [1.29, 1.82) is 0 Å². The van der Waals surface area contributed by atoms with E-state index < -0.39 is 27.0 Å². The topological polar surface area (TPSA) is 82.3 Å². The number of hydrogen-bond donors (Lipinski definition) is 1. The van der Waals surface area contributed by atoms with Gasteiger partial charge in [0.2, 0.25) is 10.0 Å². The molecule has 0 fully saturated rings. The number of para-hydroxylation sites is 1.